The number of nitrogens with one attached hydrogen (secondary N) is 2. The van der Waals surface area contributed by atoms with Crippen LogP contribution < -0.4 is 16.4 Å². The average Bonchev–Trinajstić information content (AvgIpc) is 2.13. The van der Waals surface area contributed by atoms with Gasteiger partial charge in [0.15, 0.2) is 0 Å². The molecule has 0 aliphatic heterocycles. The molecule has 1 saturated carbocycles. The minimum absolute atomic E-state index is 0.0357. The summed E-state index contributed by atoms with van der Waals surface area (Å²) in [6.07, 6.45) is 3.66. The molecule has 0 atom stereocenters. The zero-order valence-corrected chi connectivity index (χ0v) is 10.7. The first kappa shape index (κ1) is 14.0. The number of nitrogens with two attached hydrogens (primary N) is 1. The van der Waals surface area contributed by atoms with Crippen LogP contribution in [0, 0.1) is 0 Å². The molecular formula is C12H23N3O2. The van der Waals surface area contributed by atoms with Crippen molar-refractivity contribution >= 4 is 11.8 Å². The molecule has 0 spiro atoms. The van der Waals surface area contributed by atoms with Crippen LogP contribution in [0.15, 0.2) is 0 Å². The van der Waals surface area contributed by atoms with Gasteiger partial charge in [0.2, 0.25) is 11.8 Å². The molecule has 0 radical (unpaired) electrons. The van der Waals surface area contributed by atoms with Gasteiger partial charge in [-0.05, 0) is 33.1 Å². The monoisotopic (exact) mass is 241 g/mol. The molecule has 1 rings (SSSR count). The summed E-state index contributed by atoms with van der Waals surface area (Å²) in [4.78, 5) is 22.8. The third-order valence-electron chi connectivity index (χ3n) is 2.99. The summed E-state index contributed by atoms with van der Waals surface area (Å²) < 4.78 is 0. The molecule has 2 amide bonds. The van der Waals surface area contributed by atoms with Gasteiger partial charge in [-0.2, -0.15) is 0 Å². The van der Waals surface area contributed by atoms with E-state index in [-0.39, 0.29) is 23.4 Å². The van der Waals surface area contributed by atoms with Gasteiger partial charge in [0.1, 0.15) is 0 Å². The lowest BCUT2D eigenvalue weighted by atomic mass is 9.75. The lowest BCUT2D eigenvalue weighted by Gasteiger charge is -2.37. The normalized spacial score (nSPS) is 17.4. The van der Waals surface area contributed by atoms with E-state index in [4.69, 9.17) is 5.73 Å². The predicted octanol–water partition coefficient (Wildman–Crippen LogP) is 0.289. The molecule has 1 aliphatic carbocycles. The van der Waals surface area contributed by atoms with Crippen LogP contribution in [0.3, 0.4) is 0 Å². The minimum Gasteiger partial charge on any atom is -0.356 e. The van der Waals surface area contributed by atoms with Crippen LogP contribution in [0.25, 0.3) is 0 Å². The van der Waals surface area contributed by atoms with Crippen molar-refractivity contribution in [3.05, 3.63) is 0 Å². The highest BCUT2D eigenvalue weighted by Gasteiger charge is 2.34. The summed E-state index contributed by atoms with van der Waals surface area (Å²) in [7, 11) is 0. The fraction of sp³-hybridized carbons (Fsp3) is 0.833. The van der Waals surface area contributed by atoms with E-state index in [0.717, 1.165) is 19.3 Å². The van der Waals surface area contributed by atoms with Gasteiger partial charge in [0.05, 0.1) is 0 Å². The third kappa shape index (κ3) is 5.17. The summed E-state index contributed by atoms with van der Waals surface area (Å²) in [6.45, 7) is 4.20. The Labute approximate surface area is 103 Å². The Bertz CT molecular complexity index is 285. The van der Waals surface area contributed by atoms with Crippen LogP contribution in [0.5, 0.6) is 0 Å². The summed E-state index contributed by atoms with van der Waals surface area (Å²) >= 11 is 0. The van der Waals surface area contributed by atoms with Crippen LogP contribution in [0.4, 0.5) is 0 Å². The fourth-order valence-electron chi connectivity index (χ4n) is 1.90. The summed E-state index contributed by atoms with van der Waals surface area (Å²) in [5, 5.41) is 5.50. The molecular weight excluding hydrogens is 218 g/mol. The molecule has 0 aromatic heterocycles. The number of rotatable bonds is 6. The van der Waals surface area contributed by atoms with Crippen molar-refractivity contribution < 1.29 is 9.59 Å². The van der Waals surface area contributed by atoms with E-state index in [0.29, 0.717) is 19.4 Å². The van der Waals surface area contributed by atoms with E-state index in [1.165, 1.54) is 0 Å². The van der Waals surface area contributed by atoms with Crippen molar-refractivity contribution in [2.45, 2.75) is 57.5 Å². The zero-order valence-electron chi connectivity index (χ0n) is 10.7. The smallest absolute Gasteiger partial charge is 0.221 e. The highest BCUT2D eigenvalue weighted by Crippen LogP contribution is 2.31. The van der Waals surface area contributed by atoms with E-state index in [9.17, 15) is 9.59 Å². The van der Waals surface area contributed by atoms with Crippen molar-refractivity contribution in [3.63, 3.8) is 0 Å². The first-order valence-electron chi connectivity index (χ1n) is 6.26. The molecule has 5 nitrogen and oxygen atoms in total. The van der Waals surface area contributed by atoms with Gasteiger partial charge >= 0.3 is 0 Å². The Morgan fingerprint density at radius 2 is 1.94 bits per heavy atom. The van der Waals surface area contributed by atoms with Gasteiger partial charge in [-0.1, -0.05) is 0 Å². The maximum Gasteiger partial charge on any atom is 0.221 e. The molecule has 5 heteroatoms. The standard InChI is InChI=1S/C12H23N3O2/c1-9(2)15-10(16)4-7-14-11(17)8-12(13)5-3-6-12/h9H,3-8,13H2,1-2H3,(H,14,17)(H,15,16). The first-order valence-corrected chi connectivity index (χ1v) is 6.26. The largest absolute Gasteiger partial charge is 0.356 e. The molecule has 1 aliphatic rings. The van der Waals surface area contributed by atoms with Crippen LogP contribution >= 0.6 is 0 Å². The van der Waals surface area contributed by atoms with E-state index < -0.39 is 0 Å². The summed E-state index contributed by atoms with van der Waals surface area (Å²) in [6, 6.07) is 0.139. The van der Waals surface area contributed by atoms with Crippen molar-refractivity contribution in [1.29, 1.82) is 0 Å². The lowest BCUT2D eigenvalue weighted by molar-refractivity contribution is -0.123. The van der Waals surface area contributed by atoms with Gasteiger partial charge in [-0.3, -0.25) is 9.59 Å². The Hall–Kier alpha value is -1.10. The van der Waals surface area contributed by atoms with E-state index in [1.807, 2.05) is 13.8 Å². The van der Waals surface area contributed by atoms with Crippen LogP contribution in [0.1, 0.15) is 46.0 Å². The second kappa shape index (κ2) is 6.00. The molecule has 0 heterocycles. The maximum atomic E-state index is 11.5. The van der Waals surface area contributed by atoms with Crippen LogP contribution in [-0.4, -0.2) is 29.9 Å². The number of hydrogen-bond acceptors (Lipinski definition) is 3. The summed E-state index contributed by atoms with van der Waals surface area (Å²) in [5.41, 5.74) is 5.67. The van der Waals surface area contributed by atoms with Crippen molar-refractivity contribution in [1.82, 2.24) is 10.6 Å². The molecule has 17 heavy (non-hydrogen) atoms. The highest BCUT2D eigenvalue weighted by molar-refractivity contribution is 5.79. The van der Waals surface area contributed by atoms with Gasteiger partial charge in [0, 0.05) is 31.0 Å². The van der Waals surface area contributed by atoms with Gasteiger partial charge in [-0.25, -0.2) is 0 Å². The number of carbonyl (C=O) groups is 2. The lowest BCUT2D eigenvalue weighted by Crippen LogP contribution is -2.50. The molecule has 0 aromatic rings. The zero-order chi connectivity index (χ0) is 12.9. The number of hydrogen-bond donors (Lipinski definition) is 3. The molecule has 0 saturated heterocycles. The Balaban J connectivity index is 2.09. The number of carbonyl (C=O) groups excluding carboxylic acids is 2. The second-order valence-electron chi connectivity index (χ2n) is 5.21. The SMILES string of the molecule is CC(C)NC(=O)CCNC(=O)CC1(N)CCC1. The minimum atomic E-state index is -0.287. The van der Waals surface area contributed by atoms with Gasteiger partial charge in [0.25, 0.3) is 0 Å². The number of amides is 2. The molecule has 98 valence electrons. The van der Waals surface area contributed by atoms with Crippen molar-refractivity contribution in [2.75, 3.05) is 6.54 Å². The predicted molar refractivity (Wildman–Crippen MR) is 66.3 cm³/mol. The van der Waals surface area contributed by atoms with Crippen molar-refractivity contribution in [3.8, 4) is 0 Å². The van der Waals surface area contributed by atoms with Crippen LogP contribution in [-0.2, 0) is 9.59 Å². The Morgan fingerprint density at radius 1 is 1.29 bits per heavy atom. The quantitative estimate of drug-likeness (QED) is 0.625. The molecule has 0 unspecified atom stereocenters. The third-order valence-corrected chi connectivity index (χ3v) is 2.99. The highest BCUT2D eigenvalue weighted by atomic mass is 16.2. The maximum absolute atomic E-state index is 11.5. The summed E-state index contributed by atoms with van der Waals surface area (Å²) in [5.74, 6) is -0.0871. The van der Waals surface area contributed by atoms with Gasteiger partial charge in [-0.15, -0.1) is 0 Å². The molecule has 4 N–H and O–H groups in total. The first-order chi connectivity index (χ1) is 7.91. The molecule has 0 aromatic carbocycles. The second-order valence-corrected chi connectivity index (χ2v) is 5.21. The van der Waals surface area contributed by atoms with E-state index in [1.54, 1.807) is 0 Å². The molecule has 0 bridgehead atoms. The Morgan fingerprint density at radius 3 is 2.41 bits per heavy atom. The topological polar surface area (TPSA) is 84.2 Å². The van der Waals surface area contributed by atoms with Crippen molar-refractivity contribution in [2.24, 2.45) is 5.73 Å². The molecule has 1 fully saturated rings. The Kier molecular flexibility index (Phi) is 4.93. The van der Waals surface area contributed by atoms with E-state index in [2.05, 4.69) is 10.6 Å². The van der Waals surface area contributed by atoms with E-state index >= 15 is 0 Å². The van der Waals surface area contributed by atoms with Gasteiger partial charge < -0.3 is 16.4 Å². The van der Waals surface area contributed by atoms with Crippen LogP contribution in [0.2, 0.25) is 0 Å². The average molecular weight is 241 g/mol. The fourth-order valence-corrected chi connectivity index (χ4v) is 1.90.